The van der Waals surface area contributed by atoms with Crippen molar-refractivity contribution < 1.29 is 22.7 Å². The molecule has 6 heteroatoms. The minimum absolute atomic E-state index is 0.0179. The lowest BCUT2D eigenvalue weighted by molar-refractivity contribution is -0.167. The van der Waals surface area contributed by atoms with E-state index >= 15 is 0 Å². The number of ketones is 1. The van der Waals surface area contributed by atoms with Crippen LogP contribution in [0.3, 0.4) is 0 Å². The van der Waals surface area contributed by atoms with E-state index in [2.05, 4.69) is 0 Å². The molecule has 2 aromatic carbocycles. The number of halogens is 3. The fraction of sp³-hybridized carbons (Fsp3) is 0.190. The average Bonchev–Trinajstić information content (AvgIpc) is 2.67. The molecule has 1 heterocycles. The van der Waals surface area contributed by atoms with E-state index in [1.54, 1.807) is 42.5 Å². The number of ether oxygens (including phenoxy) is 1. The van der Waals surface area contributed by atoms with Gasteiger partial charge in [0.2, 0.25) is 0 Å². The Morgan fingerprint density at radius 1 is 1.07 bits per heavy atom. The van der Waals surface area contributed by atoms with Crippen LogP contribution in [0, 0.1) is 0 Å². The van der Waals surface area contributed by atoms with Crippen LogP contribution in [0.2, 0.25) is 0 Å². The molecule has 0 saturated heterocycles. The van der Waals surface area contributed by atoms with E-state index in [0.717, 1.165) is 4.90 Å². The van der Waals surface area contributed by atoms with Gasteiger partial charge in [-0.05, 0) is 23.8 Å². The fourth-order valence-corrected chi connectivity index (χ4v) is 3.02. The Bertz CT molecular complexity index is 855. The second-order valence-corrected chi connectivity index (χ2v) is 6.12. The molecule has 0 saturated carbocycles. The first-order chi connectivity index (χ1) is 12.9. The molecule has 0 aromatic heterocycles. The molecule has 1 aliphatic heterocycles. The number of allylic oxidation sites excluding steroid dienone is 2. The number of carbonyl (C=O) groups excluding carboxylic acids is 1. The van der Waals surface area contributed by atoms with Crippen molar-refractivity contribution in [1.82, 2.24) is 4.90 Å². The summed E-state index contributed by atoms with van der Waals surface area (Å²) in [6, 6.07) is 12.8. The summed E-state index contributed by atoms with van der Waals surface area (Å²) in [6.07, 6.45) is -0.502. The number of nitrogens with zero attached hydrogens (tertiary/aromatic N) is 1. The van der Waals surface area contributed by atoms with E-state index in [4.69, 9.17) is 4.74 Å². The van der Waals surface area contributed by atoms with Gasteiger partial charge in [0.05, 0.1) is 7.11 Å². The van der Waals surface area contributed by atoms with Gasteiger partial charge in [-0.25, -0.2) is 0 Å². The number of Topliss-reactive ketones (excluding diaryl/α,β-unsaturated/α-hetero) is 1. The Morgan fingerprint density at radius 2 is 1.74 bits per heavy atom. The highest BCUT2D eigenvalue weighted by Gasteiger charge is 2.47. The predicted octanol–water partition coefficient (Wildman–Crippen LogP) is 4.76. The minimum atomic E-state index is -4.59. The summed E-state index contributed by atoms with van der Waals surface area (Å²) < 4.78 is 46.6. The van der Waals surface area contributed by atoms with Gasteiger partial charge < -0.3 is 9.64 Å². The smallest absolute Gasteiger partial charge is 0.413 e. The van der Waals surface area contributed by atoms with Crippen molar-refractivity contribution in [2.45, 2.75) is 18.8 Å². The second kappa shape index (κ2) is 7.70. The zero-order valence-corrected chi connectivity index (χ0v) is 14.6. The first kappa shape index (κ1) is 18.8. The molecule has 27 heavy (non-hydrogen) atoms. The van der Waals surface area contributed by atoms with Crippen LogP contribution in [0.15, 0.2) is 78.5 Å². The SMILES string of the molecule is COc1ccc(CN2C=CC=C(C(=O)c3ccccc3)C2C(F)(F)F)cc1. The summed E-state index contributed by atoms with van der Waals surface area (Å²) in [6.45, 7) is 0.0179. The van der Waals surface area contributed by atoms with E-state index < -0.39 is 18.0 Å². The molecular weight excluding hydrogens is 355 g/mol. The van der Waals surface area contributed by atoms with Crippen molar-refractivity contribution in [3.05, 3.63) is 89.6 Å². The Hall–Kier alpha value is -3.02. The number of benzene rings is 2. The van der Waals surface area contributed by atoms with Crippen LogP contribution in [0.5, 0.6) is 5.75 Å². The molecule has 1 unspecified atom stereocenters. The van der Waals surface area contributed by atoms with Crippen molar-refractivity contribution in [3.8, 4) is 5.75 Å². The van der Waals surface area contributed by atoms with Crippen LogP contribution in [0.1, 0.15) is 15.9 Å². The third-order valence-corrected chi connectivity index (χ3v) is 4.31. The van der Waals surface area contributed by atoms with Gasteiger partial charge >= 0.3 is 6.18 Å². The third kappa shape index (κ3) is 4.22. The Labute approximate surface area is 155 Å². The number of rotatable bonds is 5. The Kier molecular flexibility index (Phi) is 5.35. The van der Waals surface area contributed by atoms with Crippen LogP contribution >= 0.6 is 0 Å². The summed E-state index contributed by atoms with van der Waals surface area (Å²) in [4.78, 5) is 13.8. The average molecular weight is 373 g/mol. The van der Waals surface area contributed by atoms with Crippen molar-refractivity contribution in [1.29, 1.82) is 0 Å². The van der Waals surface area contributed by atoms with Gasteiger partial charge in [-0.15, -0.1) is 0 Å². The number of methoxy groups -OCH3 is 1. The molecule has 1 atom stereocenters. The van der Waals surface area contributed by atoms with Crippen molar-refractivity contribution in [2.24, 2.45) is 0 Å². The summed E-state index contributed by atoms with van der Waals surface area (Å²) in [5, 5.41) is 0. The Balaban J connectivity index is 1.90. The van der Waals surface area contributed by atoms with Gasteiger partial charge in [-0.3, -0.25) is 4.79 Å². The monoisotopic (exact) mass is 373 g/mol. The summed E-state index contributed by atoms with van der Waals surface area (Å²) in [5.74, 6) is 0.00199. The predicted molar refractivity (Wildman–Crippen MR) is 96.4 cm³/mol. The van der Waals surface area contributed by atoms with Crippen molar-refractivity contribution in [2.75, 3.05) is 7.11 Å². The normalized spacial score (nSPS) is 16.8. The molecule has 0 radical (unpaired) electrons. The maximum Gasteiger partial charge on any atom is 0.413 e. The molecular formula is C21H18F3NO2. The molecule has 0 spiro atoms. The van der Waals surface area contributed by atoms with E-state index in [0.29, 0.717) is 11.3 Å². The molecule has 140 valence electrons. The molecule has 0 fully saturated rings. The van der Waals surface area contributed by atoms with E-state index in [-0.39, 0.29) is 17.7 Å². The number of alkyl halides is 3. The lowest BCUT2D eigenvalue weighted by atomic mass is 9.93. The van der Waals surface area contributed by atoms with Gasteiger partial charge in [-0.2, -0.15) is 13.2 Å². The highest BCUT2D eigenvalue weighted by Crippen LogP contribution is 2.35. The maximum absolute atomic E-state index is 13.9. The van der Waals surface area contributed by atoms with Crippen LogP contribution < -0.4 is 4.74 Å². The van der Waals surface area contributed by atoms with Crippen LogP contribution in [0.25, 0.3) is 0 Å². The molecule has 0 bridgehead atoms. The molecule has 3 nitrogen and oxygen atoms in total. The van der Waals surface area contributed by atoms with Crippen LogP contribution in [-0.2, 0) is 6.54 Å². The molecule has 2 aromatic rings. The Morgan fingerprint density at radius 3 is 2.33 bits per heavy atom. The summed E-state index contributed by atoms with van der Waals surface area (Å²) >= 11 is 0. The van der Waals surface area contributed by atoms with E-state index in [1.807, 2.05) is 0 Å². The zero-order chi connectivity index (χ0) is 19.4. The quantitative estimate of drug-likeness (QED) is 0.708. The third-order valence-electron chi connectivity index (χ3n) is 4.31. The zero-order valence-electron chi connectivity index (χ0n) is 14.6. The maximum atomic E-state index is 13.9. The van der Waals surface area contributed by atoms with Crippen molar-refractivity contribution in [3.63, 3.8) is 0 Å². The topological polar surface area (TPSA) is 29.5 Å². The molecule has 0 N–H and O–H groups in total. The first-order valence-electron chi connectivity index (χ1n) is 8.33. The standard InChI is InChI=1S/C21H18F3NO2/c1-27-17-11-9-15(10-12-17)14-25-13-5-8-18(20(25)21(22,23)24)19(26)16-6-3-2-4-7-16/h2-13,20H,14H2,1H3. The fourth-order valence-electron chi connectivity index (χ4n) is 3.02. The van der Waals surface area contributed by atoms with Gasteiger partial charge in [0.25, 0.3) is 0 Å². The largest absolute Gasteiger partial charge is 0.497 e. The summed E-state index contributed by atoms with van der Waals surface area (Å²) in [7, 11) is 1.52. The van der Waals surface area contributed by atoms with Gasteiger partial charge in [0.1, 0.15) is 5.75 Å². The van der Waals surface area contributed by atoms with E-state index in [1.165, 1.54) is 37.6 Å². The number of hydrogen-bond donors (Lipinski definition) is 0. The molecule has 0 aliphatic carbocycles. The van der Waals surface area contributed by atoms with Crippen LogP contribution in [-0.4, -0.2) is 30.0 Å². The lowest BCUT2D eigenvalue weighted by Gasteiger charge is -2.35. The minimum Gasteiger partial charge on any atom is -0.497 e. The van der Waals surface area contributed by atoms with Crippen LogP contribution in [0.4, 0.5) is 13.2 Å². The highest BCUT2D eigenvalue weighted by molar-refractivity contribution is 6.09. The molecule has 1 aliphatic rings. The van der Waals surface area contributed by atoms with Crippen molar-refractivity contribution >= 4 is 5.78 Å². The number of hydrogen-bond acceptors (Lipinski definition) is 3. The van der Waals surface area contributed by atoms with Gasteiger partial charge in [0.15, 0.2) is 11.8 Å². The molecule has 3 rings (SSSR count). The van der Waals surface area contributed by atoms with Gasteiger partial charge in [-0.1, -0.05) is 48.5 Å². The second-order valence-electron chi connectivity index (χ2n) is 6.12. The van der Waals surface area contributed by atoms with Gasteiger partial charge in [0, 0.05) is 23.9 Å². The number of carbonyl (C=O) groups is 1. The lowest BCUT2D eigenvalue weighted by Crippen LogP contribution is -2.46. The summed E-state index contributed by atoms with van der Waals surface area (Å²) in [5.41, 5.74) is 0.630. The first-order valence-corrected chi connectivity index (χ1v) is 8.33. The molecule has 0 amide bonds. The van der Waals surface area contributed by atoms with E-state index in [9.17, 15) is 18.0 Å². The highest BCUT2D eigenvalue weighted by atomic mass is 19.4.